The molecule has 14 heteroatoms. The minimum absolute atomic E-state index is 0.210. The van der Waals surface area contributed by atoms with E-state index in [1.165, 1.54) is 193 Å². The van der Waals surface area contributed by atoms with Gasteiger partial charge in [-0.1, -0.05) is 251 Å². The molecule has 428 valence electrons. The van der Waals surface area contributed by atoms with Gasteiger partial charge in [0.2, 0.25) is 5.91 Å². The Morgan fingerprint density at radius 1 is 0.444 bits per heavy atom. The molecule has 9 N–H and O–H groups in total. The van der Waals surface area contributed by atoms with Crippen molar-refractivity contribution in [1.82, 2.24) is 5.32 Å². The molecule has 0 spiro atoms. The largest absolute Gasteiger partial charge is 0.394 e. The lowest BCUT2D eigenvalue weighted by atomic mass is 9.97. The van der Waals surface area contributed by atoms with E-state index in [9.17, 15) is 45.6 Å². The van der Waals surface area contributed by atoms with E-state index in [0.29, 0.717) is 12.8 Å². The first-order valence-electron chi connectivity index (χ1n) is 30.3. The van der Waals surface area contributed by atoms with Crippen molar-refractivity contribution >= 4 is 5.91 Å². The van der Waals surface area contributed by atoms with Gasteiger partial charge >= 0.3 is 0 Å². The lowest BCUT2D eigenvalue weighted by Crippen LogP contribution is -2.65. The molecule has 0 aromatic carbocycles. The fourth-order valence-corrected chi connectivity index (χ4v) is 10.4. The maximum Gasteiger partial charge on any atom is 0.220 e. The molecule has 0 saturated carbocycles. The van der Waals surface area contributed by atoms with Gasteiger partial charge in [-0.2, -0.15) is 0 Å². The van der Waals surface area contributed by atoms with Crippen molar-refractivity contribution < 1.29 is 64.6 Å². The molecular weight excluding hydrogens is 919 g/mol. The van der Waals surface area contributed by atoms with Crippen molar-refractivity contribution in [2.75, 3.05) is 19.8 Å². The van der Waals surface area contributed by atoms with E-state index in [1.807, 2.05) is 0 Å². The molecule has 0 aliphatic carbocycles. The van der Waals surface area contributed by atoms with Gasteiger partial charge in [0.05, 0.1) is 32.0 Å². The lowest BCUT2D eigenvalue weighted by molar-refractivity contribution is -0.359. The van der Waals surface area contributed by atoms with Crippen LogP contribution in [-0.4, -0.2) is 140 Å². The molecule has 0 bridgehead atoms. The Labute approximate surface area is 438 Å². The maximum absolute atomic E-state index is 13.1. The minimum Gasteiger partial charge on any atom is -0.394 e. The molecule has 0 aromatic heterocycles. The SMILES string of the molecule is CCCCCCCCCCCCCCCCCCCCCCCCCCCCCCCCCC(O)C(COC1OC(CO)C(OC2OC(CO)C(O)C(O)C2O)C(O)C1O)NC(=O)CCCCCCCCC. The van der Waals surface area contributed by atoms with Crippen LogP contribution in [0.1, 0.15) is 271 Å². The highest BCUT2D eigenvalue weighted by molar-refractivity contribution is 5.76. The number of amides is 1. The summed E-state index contributed by atoms with van der Waals surface area (Å²) >= 11 is 0. The Balaban J connectivity index is 1.58. The molecule has 2 saturated heterocycles. The molecule has 1 amide bonds. The standard InChI is InChI=1S/C58H113NO13/c1-3-5-7-9-11-12-13-14-15-16-17-18-19-20-21-22-23-24-25-26-27-28-29-30-31-32-33-34-36-37-39-41-47(62)46(59-50(63)42-40-38-35-10-8-6-4-2)45-69-57-55(68)53(66)56(49(44-61)71-57)72-58-54(67)52(65)51(64)48(43-60)70-58/h46-49,51-58,60-62,64-68H,3-45H2,1-2H3,(H,59,63). The fourth-order valence-electron chi connectivity index (χ4n) is 10.4. The quantitative estimate of drug-likeness (QED) is 0.0259. The lowest BCUT2D eigenvalue weighted by Gasteiger charge is -2.46. The van der Waals surface area contributed by atoms with E-state index < -0.39 is 86.8 Å². The van der Waals surface area contributed by atoms with Crippen molar-refractivity contribution in [2.45, 2.75) is 344 Å². The number of carbonyl (C=O) groups excluding carboxylic acids is 1. The van der Waals surface area contributed by atoms with E-state index >= 15 is 0 Å². The van der Waals surface area contributed by atoms with Crippen molar-refractivity contribution in [3.8, 4) is 0 Å². The first kappa shape index (κ1) is 67.1. The van der Waals surface area contributed by atoms with Gasteiger partial charge in [0, 0.05) is 6.42 Å². The molecule has 2 aliphatic heterocycles. The van der Waals surface area contributed by atoms with Crippen LogP contribution in [0.5, 0.6) is 0 Å². The minimum atomic E-state index is -1.78. The van der Waals surface area contributed by atoms with Gasteiger partial charge in [-0.25, -0.2) is 0 Å². The van der Waals surface area contributed by atoms with Crippen LogP contribution in [0.2, 0.25) is 0 Å². The third kappa shape index (κ3) is 30.7. The van der Waals surface area contributed by atoms with Gasteiger partial charge in [0.15, 0.2) is 12.6 Å². The third-order valence-corrected chi connectivity index (χ3v) is 15.3. The van der Waals surface area contributed by atoms with Crippen LogP contribution < -0.4 is 5.32 Å². The van der Waals surface area contributed by atoms with E-state index in [4.69, 9.17) is 18.9 Å². The van der Waals surface area contributed by atoms with Crippen LogP contribution in [0.4, 0.5) is 0 Å². The van der Waals surface area contributed by atoms with Gasteiger partial charge in [-0.3, -0.25) is 4.79 Å². The van der Waals surface area contributed by atoms with E-state index in [2.05, 4.69) is 19.2 Å². The number of hydrogen-bond acceptors (Lipinski definition) is 13. The van der Waals surface area contributed by atoms with Gasteiger partial charge in [-0.15, -0.1) is 0 Å². The van der Waals surface area contributed by atoms with Gasteiger partial charge in [0.1, 0.15) is 48.8 Å². The van der Waals surface area contributed by atoms with Crippen molar-refractivity contribution in [1.29, 1.82) is 0 Å². The molecule has 2 rings (SSSR count). The summed E-state index contributed by atoms with van der Waals surface area (Å²) in [6.45, 7) is 2.83. The monoisotopic (exact) mass is 1030 g/mol. The van der Waals surface area contributed by atoms with Crippen LogP contribution >= 0.6 is 0 Å². The molecule has 12 atom stereocenters. The molecule has 0 aromatic rings. The first-order chi connectivity index (χ1) is 35.1. The Kier molecular flexibility index (Phi) is 42.0. The van der Waals surface area contributed by atoms with Gasteiger partial charge in [0.25, 0.3) is 0 Å². The summed E-state index contributed by atoms with van der Waals surface area (Å²) in [5.74, 6) is -0.210. The number of aliphatic hydroxyl groups is 8. The second-order valence-corrected chi connectivity index (χ2v) is 21.8. The third-order valence-electron chi connectivity index (χ3n) is 15.3. The maximum atomic E-state index is 13.1. The highest BCUT2D eigenvalue weighted by atomic mass is 16.7. The molecule has 0 radical (unpaired) electrons. The summed E-state index contributed by atoms with van der Waals surface area (Å²) < 4.78 is 22.7. The second kappa shape index (κ2) is 45.1. The number of unbranched alkanes of at least 4 members (excludes halogenated alkanes) is 36. The van der Waals surface area contributed by atoms with Crippen LogP contribution in [0.25, 0.3) is 0 Å². The Morgan fingerprint density at radius 2 is 0.792 bits per heavy atom. The molecule has 14 nitrogen and oxygen atoms in total. The Bertz CT molecular complexity index is 1220. The van der Waals surface area contributed by atoms with Crippen LogP contribution in [0, 0.1) is 0 Å². The zero-order chi connectivity index (χ0) is 52.4. The van der Waals surface area contributed by atoms with E-state index in [1.54, 1.807) is 0 Å². The molecule has 12 unspecified atom stereocenters. The number of hydrogen-bond donors (Lipinski definition) is 9. The van der Waals surface area contributed by atoms with Gasteiger partial charge < -0.3 is 65.1 Å². The number of ether oxygens (including phenoxy) is 4. The summed E-state index contributed by atoms with van der Waals surface area (Å²) in [6.07, 6.45) is 33.1. The average Bonchev–Trinajstić information content (AvgIpc) is 3.38. The van der Waals surface area contributed by atoms with Crippen molar-refractivity contribution in [3.05, 3.63) is 0 Å². The van der Waals surface area contributed by atoms with Crippen molar-refractivity contribution in [3.63, 3.8) is 0 Å². The summed E-state index contributed by atoms with van der Waals surface area (Å²) in [6, 6.07) is -0.820. The zero-order valence-electron chi connectivity index (χ0n) is 46.0. The second-order valence-electron chi connectivity index (χ2n) is 21.8. The Morgan fingerprint density at radius 3 is 1.18 bits per heavy atom. The summed E-state index contributed by atoms with van der Waals surface area (Å²) in [5, 5.41) is 86.9. The van der Waals surface area contributed by atoms with Gasteiger partial charge in [-0.05, 0) is 12.8 Å². The average molecular weight is 1030 g/mol. The van der Waals surface area contributed by atoms with Crippen LogP contribution in [-0.2, 0) is 23.7 Å². The van der Waals surface area contributed by atoms with E-state index in [0.717, 1.165) is 51.4 Å². The number of rotatable bonds is 49. The van der Waals surface area contributed by atoms with Crippen LogP contribution in [0.15, 0.2) is 0 Å². The highest BCUT2D eigenvalue weighted by Crippen LogP contribution is 2.30. The summed E-state index contributed by atoms with van der Waals surface area (Å²) in [4.78, 5) is 13.1. The van der Waals surface area contributed by atoms with Crippen molar-refractivity contribution in [2.24, 2.45) is 0 Å². The topological polar surface area (TPSA) is 228 Å². The summed E-state index contributed by atoms with van der Waals surface area (Å²) in [5.41, 5.74) is 0. The normalized spacial score (nSPS) is 25.5. The molecule has 2 heterocycles. The molecule has 2 fully saturated rings. The zero-order valence-corrected chi connectivity index (χ0v) is 46.0. The first-order valence-corrected chi connectivity index (χ1v) is 30.3. The highest BCUT2D eigenvalue weighted by Gasteiger charge is 2.51. The molecule has 72 heavy (non-hydrogen) atoms. The number of aliphatic hydroxyl groups excluding tert-OH is 8. The predicted octanol–water partition coefficient (Wildman–Crippen LogP) is 10.1. The molecular formula is C58H113NO13. The predicted molar refractivity (Wildman–Crippen MR) is 286 cm³/mol. The Hall–Kier alpha value is -1.01. The number of carbonyl (C=O) groups is 1. The fraction of sp³-hybridized carbons (Fsp3) is 0.983. The summed E-state index contributed by atoms with van der Waals surface area (Å²) in [7, 11) is 0. The molecule has 2 aliphatic rings. The van der Waals surface area contributed by atoms with Crippen LogP contribution in [0.3, 0.4) is 0 Å². The number of nitrogens with one attached hydrogen (secondary N) is 1. The smallest absolute Gasteiger partial charge is 0.220 e. The van der Waals surface area contributed by atoms with E-state index in [-0.39, 0.29) is 12.5 Å².